The molecule has 13 heavy (non-hydrogen) atoms. The molecule has 2 unspecified atom stereocenters. The monoisotopic (exact) mass is 187 g/mol. The SMILES string of the molecule is CC(O)C(N)C(=O)OCCC1CC1. The number of hydrogen-bond acceptors (Lipinski definition) is 4. The number of carbonyl (C=O) groups excluding carboxylic acids is 1. The van der Waals surface area contributed by atoms with Crippen molar-refractivity contribution < 1.29 is 14.6 Å². The first kappa shape index (κ1) is 10.5. The Kier molecular flexibility index (Phi) is 3.69. The molecule has 0 radical (unpaired) electrons. The second-order valence-electron chi connectivity index (χ2n) is 3.67. The normalized spacial score (nSPS) is 20.8. The van der Waals surface area contributed by atoms with Gasteiger partial charge in [0.2, 0.25) is 0 Å². The van der Waals surface area contributed by atoms with E-state index in [2.05, 4.69) is 0 Å². The average molecular weight is 187 g/mol. The van der Waals surface area contributed by atoms with Crippen LogP contribution < -0.4 is 5.73 Å². The Labute approximate surface area is 78.1 Å². The molecule has 0 saturated heterocycles. The summed E-state index contributed by atoms with van der Waals surface area (Å²) in [6, 6.07) is -0.904. The van der Waals surface area contributed by atoms with E-state index >= 15 is 0 Å². The van der Waals surface area contributed by atoms with E-state index in [9.17, 15) is 4.79 Å². The minimum Gasteiger partial charge on any atom is -0.464 e. The van der Waals surface area contributed by atoms with Gasteiger partial charge in [0.05, 0.1) is 12.7 Å². The molecule has 1 rings (SSSR count). The molecule has 0 aromatic heterocycles. The highest BCUT2D eigenvalue weighted by Gasteiger charge is 2.23. The van der Waals surface area contributed by atoms with E-state index in [0.717, 1.165) is 12.3 Å². The number of aliphatic hydroxyl groups is 1. The summed E-state index contributed by atoms with van der Waals surface area (Å²) in [5.41, 5.74) is 5.37. The van der Waals surface area contributed by atoms with Crippen LogP contribution in [0.2, 0.25) is 0 Å². The lowest BCUT2D eigenvalue weighted by molar-refractivity contribution is -0.147. The van der Waals surface area contributed by atoms with Gasteiger partial charge in [0, 0.05) is 0 Å². The van der Waals surface area contributed by atoms with Crippen molar-refractivity contribution in [3.8, 4) is 0 Å². The Bertz CT molecular complexity index is 178. The number of carbonyl (C=O) groups is 1. The molecule has 0 aromatic rings. The topological polar surface area (TPSA) is 72.5 Å². The van der Waals surface area contributed by atoms with Gasteiger partial charge in [0.25, 0.3) is 0 Å². The molecule has 4 nitrogen and oxygen atoms in total. The molecule has 1 aliphatic carbocycles. The maximum atomic E-state index is 11.1. The van der Waals surface area contributed by atoms with E-state index in [-0.39, 0.29) is 0 Å². The average Bonchev–Trinajstić information content (AvgIpc) is 2.86. The summed E-state index contributed by atoms with van der Waals surface area (Å²) in [4.78, 5) is 11.1. The number of hydrogen-bond donors (Lipinski definition) is 2. The first-order chi connectivity index (χ1) is 6.11. The molecule has 0 spiro atoms. The lowest BCUT2D eigenvalue weighted by Crippen LogP contribution is -2.41. The second kappa shape index (κ2) is 4.58. The predicted octanol–water partition coefficient (Wildman–Crippen LogP) is 0.0378. The van der Waals surface area contributed by atoms with Crippen molar-refractivity contribution >= 4 is 5.97 Å². The van der Waals surface area contributed by atoms with Gasteiger partial charge < -0.3 is 15.6 Å². The fourth-order valence-electron chi connectivity index (χ4n) is 1.03. The van der Waals surface area contributed by atoms with Gasteiger partial charge in [0.15, 0.2) is 0 Å². The van der Waals surface area contributed by atoms with Gasteiger partial charge in [-0.1, -0.05) is 12.8 Å². The molecule has 0 heterocycles. The van der Waals surface area contributed by atoms with Crippen LogP contribution in [0.15, 0.2) is 0 Å². The van der Waals surface area contributed by atoms with E-state index in [1.807, 2.05) is 0 Å². The maximum Gasteiger partial charge on any atom is 0.325 e. The van der Waals surface area contributed by atoms with Crippen LogP contribution in [0.1, 0.15) is 26.2 Å². The maximum absolute atomic E-state index is 11.1. The zero-order valence-corrected chi connectivity index (χ0v) is 7.90. The third-order valence-corrected chi connectivity index (χ3v) is 2.26. The van der Waals surface area contributed by atoms with Crippen LogP contribution in [-0.4, -0.2) is 29.8 Å². The Balaban J connectivity index is 2.08. The van der Waals surface area contributed by atoms with Crippen LogP contribution in [0.3, 0.4) is 0 Å². The van der Waals surface area contributed by atoms with Crippen molar-refractivity contribution in [3.05, 3.63) is 0 Å². The molecule has 1 aliphatic rings. The van der Waals surface area contributed by atoms with Crippen LogP contribution in [0.5, 0.6) is 0 Å². The molecular formula is C9H17NO3. The predicted molar refractivity (Wildman–Crippen MR) is 48.0 cm³/mol. The molecule has 0 bridgehead atoms. The number of aliphatic hydroxyl groups excluding tert-OH is 1. The molecule has 0 aliphatic heterocycles. The molecule has 0 aromatic carbocycles. The van der Waals surface area contributed by atoms with Crippen molar-refractivity contribution in [2.75, 3.05) is 6.61 Å². The summed E-state index contributed by atoms with van der Waals surface area (Å²) >= 11 is 0. The van der Waals surface area contributed by atoms with E-state index in [4.69, 9.17) is 15.6 Å². The first-order valence-corrected chi connectivity index (χ1v) is 4.71. The van der Waals surface area contributed by atoms with Crippen LogP contribution in [0.4, 0.5) is 0 Å². The van der Waals surface area contributed by atoms with Crippen molar-refractivity contribution in [2.24, 2.45) is 11.7 Å². The van der Waals surface area contributed by atoms with Gasteiger partial charge >= 0.3 is 5.97 Å². The molecule has 4 heteroatoms. The number of ether oxygens (including phenoxy) is 1. The zero-order chi connectivity index (χ0) is 9.84. The standard InChI is InChI=1S/C9H17NO3/c1-6(11)8(10)9(12)13-5-4-7-2-3-7/h6-8,11H,2-5,10H2,1H3. The zero-order valence-electron chi connectivity index (χ0n) is 7.90. The number of esters is 1. The Hall–Kier alpha value is -0.610. The molecule has 76 valence electrons. The molecule has 3 N–H and O–H groups in total. The lowest BCUT2D eigenvalue weighted by Gasteiger charge is -2.13. The first-order valence-electron chi connectivity index (χ1n) is 4.71. The molecule has 1 saturated carbocycles. The van der Waals surface area contributed by atoms with Gasteiger partial charge in [-0.05, 0) is 19.3 Å². The minimum absolute atomic E-state index is 0.434. The molecular weight excluding hydrogens is 170 g/mol. The minimum atomic E-state index is -0.904. The van der Waals surface area contributed by atoms with E-state index < -0.39 is 18.1 Å². The van der Waals surface area contributed by atoms with E-state index in [1.54, 1.807) is 0 Å². The number of nitrogens with two attached hydrogens (primary N) is 1. The largest absolute Gasteiger partial charge is 0.464 e. The Morgan fingerprint density at radius 2 is 2.31 bits per heavy atom. The quantitative estimate of drug-likeness (QED) is 0.596. The summed E-state index contributed by atoms with van der Waals surface area (Å²) in [5, 5.41) is 8.99. The van der Waals surface area contributed by atoms with Crippen LogP contribution >= 0.6 is 0 Å². The van der Waals surface area contributed by atoms with Crippen molar-refractivity contribution in [1.82, 2.24) is 0 Å². The lowest BCUT2D eigenvalue weighted by atomic mass is 10.2. The van der Waals surface area contributed by atoms with Gasteiger partial charge in [0.1, 0.15) is 6.04 Å². The van der Waals surface area contributed by atoms with Gasteiger partial charge in [-0.3, -0.25) is 4.79 Å². The van der Waals surface area contributed by atoms with Gasteiger partial charge in [-0.25, -0.2) is 0 Å². The van der Waals surface area contributed by atoms with Crippen LogP contribution in [-0.2, 0) is 9.53 Å². The Morgan fingerprint density at radius 1 is 1.69 bits per heavy atom. The highest BCUT2D eigenvalue weighted by Crippen LogP contribution is 2.32. The summed E-state index contributed by atoms with van der Waals surface area (Å²) in [6.07, 6.45) is 2.59. The highest BCUT2D eigenvalue weighted by molar-refractivity contribution is 5.76. The van der Waals surface area contributed by atoms with Crippen LogP contribution in [0, 0.1) is 5.92 Å². The third kappa shape index (κ3) is 3.74. The third-order valence-electron chi connectivity index (χ3n) is 2.26. The van der Waals surface area contributed by atoms with E-state index in [1.165, 1.54) is 19.8 Å². The molecule has 1 fully saturated rings. The van der Waals surface area contributed by atoms with Gasteiger partial charge in [-0.2, -0.15) is 0 Å². The van der Waals surface area contributed by atoms with Crippen molar-refractivity contribution in [1.29, 1.82) is 0 Å². The summed E-state index contributed by atoms with van der Waals surface area (Å²) in [5.74, 6) is 0.242. The molecule has 2 atom stereocenters. The fraction of sp³-hybridized carbons (Fsp3) is 0.889. The highest BCUT2D eigenvalue weighted by atomic mass is 16.5. The van der Waals surface area contributed by atoms with Crippen LogP contribution in [0.25, 0.3) is 0 Å². The smallest absolute Gasteiger partial charge is 0.325 e. The summed E-state index contributed by atoms with van der Waals surface area (Å²) < 4.78 is 4.89. The number of rotatable bonds is 5. The summed E-state index contributed by atoms with van der Waals surface area (Å²) in [6.45, 7) is 1.91. The Morgan fingerprint density at radius 3 is 2.77 bits per heavy atom. The molecule has 0 amide bonds. The van der Waals surface area contributed by atoms with E-state index in [0.29, 0.717) is 6.61 Å². The van der Waals surface area contributed by atoms with Crippen molar-refractivity contribution in [2.45, 2.75) is 38.3 Å². The second-order valence-corrected chi connectivity index (χ2v) is 3.67. The fourth-order valence-corrected chi connectivity index (χ4v) is 1.03. The van der Waals surface area contributed by atoms with Gasteiger partial charge in [-0.15, -0.1) is 0 Å². The van der Waals surface area contributed by atoms with Crippen molar-refractivity contribution in [3.63, 3.8) is 0 Å². The summed E-state index contributed by atoms with van der Waals surface area (Å²) in [7, 11) is 0.